The maximum Gasteiger partial charge on any atom is 0.355 e. The predicted octanol–water partition coefficient (Wildman–Crippen LogP) is 2.07. The van der Waals surface area contributed by atoms with Gasteiger partial charge in [-0.25, -0.2) is 9.78 Å². The van der Waals surface area contributed by atoms with Gasteiger partial charge in [0.2, 0.25) is 0 Å². The van der Waals surface area contributed by atoms with Crippen molar-refractivity contribution in [3.05, 3.63) is 10.6 Å². The first-order chi connectivity index (χ1) is 9.06. The van der Waals surface area contributed by atoms with E-state index in [1.807, 2.05) is 6.92 Å². The average molecular weight is 283 g/mol. The molecule has 1 fully saturated rings. The van der Waals surface area contributed by atoms with Crippen LogP contribution in [0.1, 0.15) is 35.6 Å². The molecule has 106 valence electrons. The number of aryl methyl sites for hydroxylation is 1. The van der Waals surface area contributed by atoms with Crippen LogP contribution in [0.15, 0.2) is 0 Å². The lowest BCUT2D eigenvalue weighted by Gasteiger charge is -2.25. The second-order valence-corrected chi connectivity index (χ2v) is 6.00. The Balaban J connectivity index is 2.08. The third kappa shape index (κ3) is 2.90. The van der Waals surface area contributed by atoms with Gasteiger partial charge in [0.05, 0.1) is 0 Å². The van der Waals surface area contributed by atoms with E-state index in [0.717, 1.165) is 42.6 Å². The van der Waals surface area contributed by atoms with Gasteiger partial charge in [-0.05, 0) is 26.4 Å². The van der Waals surface area contributed by atoms with Crippen molar-refractivity contribution in [2.24, 2.45) is 0 Å². The molecular formula is C13H21N3O2S. The van der Waals surface area contributed by atoms with Gasteiger partial charge >= 0.3 is 5.97 Å². The molecule has 19 heavy (non-hydrogen) atoms. The Morgan fingerprint density at radius 1 is 1.53 bits per heavy atom. The summed E-state index contributed by atoms with van der Waals surface area (Å²) < 4.78 is 0. The van der Waals surface area contributed by atoms with E-state index in [0.29, 0.717) is 6.04 Å². The first-order valence-corrected chi connectivity index (χ1v) is 7.58. The largest absolute Gasteiger partial charge is 0.476 e. The molecule has 1 N–H and O–H groups in total. The topological polar surface area (TPSA) is 56.7 Å². The highest BCUT2D eigenvalue weighted by Gasteiger charge is 2.28. The third-order valence-corrected chi connectivity index (χ3v) is 4.78. The third-order valence-electron chi connectivity index (χ3n) is 3.75. The Morgan fingerprint density at radius 2 is 2.21 bits per heavy atom. The van der Waals surface area contributed by atoms with Crippen LogP contribution in [0.3, 0.4) is 0 Å². The van der Waals surface area contributed by atoms with Crippen LogP contribution < -0.4 is 4.90 Å². The van der Waals surface area contributed by atoms with Crippen molar-refractivity contribution in [2.45, 2.75) is 33.2 Å². The molecular weight excluding hydrogens is 262 g/mol. The lowest BCUT2D eigenvalue weighted by molar-refractivity contribution is 0.0690. The van der Waals surface area contributed by atoms with Gasteiger partial charge in [-0.1, -0.05) is 13.8 Å². The van der Waals surface area contributed by atoms with Crippen molar-refractivity contribution >= 4 is 22.4 Å². The van der Waals surface area contributed by atoms with E-state index in [-0.39, 0.29) is 5.69 Å². The van der Waals surface area contributed by atoms with E-state index < -0.39 is 5.97 Å². The first-order valence-electron chi connectivity index (χ1n) is 6.76. The van der Waals surface area contributed by atoms with Crippen LogP contribution in [0.2, 0.25) is 0 Å². The number of thiazole rings is 1. The van der Waals surface area contributed by atoms with Gasteiger partial charge in [0.1, 0.15) is 0 Å². The molecule has 2 rings (SSSR count). The van der Waals surface area contributed by atoms with Crippen LogP contribution in [0.25, 0.3) is 0 Å². The van der Waals surface area contributed by atoms with Gasteiger partial charge in [-0.15, -0.1) is 11.3 Å². The minimum absolute atomic E-state index is 0.200. The Kier molecular flexibility index (Phi) is 4.42. The smallest absolute Gasteiger partial charge is 0.355 e. The Labute approximate surface area is 117 Å². The van der Waals surface area contributed by atoms with Crippen LogP contribution in [0, 0.1) is 6.92 Å². The summed E-state index contributed by atoms with van der Waals surface area (Å²) in [6.45, 7) is 10.2. The van der Waals surface area contributed by atoms with Crippen molar-refractivity contribution < 1.29 is 9.90 Å². The zero-order chi connectivity index (χ0) is 14.0. The summed E-state index contributed by atoms with van der Waals surface area (Å²) in [5.41, 5.74) is 0.200. The molecule has 1 aromatic heterocycles. The summed E-state index contributed by atoms with van der Waals surface area (Å²) in [6, 6.07) is 0.562. The molecule has 0 radical (unpaired) electrons. The van der Waals surface area contributed by atoms with E-state index in [1.165, 1.54) is 11.3 Å². The summed E-state index contributed by atoms with van der Waals surface area (Å²) in [5, 5.41) is 9.91. The van der Waals surface area contributed by atoms with Crippen molar-refractivity contribution in [1.29, 1.82) is 0 Å². The number of hydrogen-bond donors (Lipinski definition) is 1. The van der Waals surface area contributed by atoms with E-state index >= 15 is 0 Å². The molecule has 1 aliphatic rings. The second-order valence-electron chi connectivity index (χ2n) is 4.82. The number of carbonyl (C=O) groups is 1. The fourth-order valence-electron chi connectivity index (χ4n) is 2.67. The van der Waals surface area contributed by atoms with Crippen molar-refractivity contribution in [3.8, 4) is 0 Å². The van der Waals surface area contributed by atoms with Crippen LogP contribution in [-0.2, 0) is 0 Å². The fourth-order valence-corrected chi connectivity index (χ4v) is 3.61. The average Bonchev–Trinajstić information content (AvgIpc) is 2.97. The van der Waals surface area contributed by atoms with Gasteiger partial charge in [0.25, 0.3) is 0 Å². The molecule has 0 aliphatic carbocycles. The number of likely N-dealkylation sites (N-methyl/N-ethyl adjacent to an activating group) is 1. The van der Waals surface area contributed by atoms with Gasteiger partial charge < -0.3 is 10.0 Å². The summed E-state index contributed by atoms with van der Waals surface area (Å²) in [4.78, 5) is 20.8. The number of aromatic nitrogens is 1. The number of rotatable bonds is 5. The summed E-state index contributed by atoms with van der Waals surface area (Å²) in [5.74, 6) is -0.931. The lowest BCUT2D eigenvalue weighted by Crippen LogP contribution is -2.37. The molecule has 6 heteroatoms. The normalized spacial score (nSPS) is 19.4. The fraction of sp³-hybridized carbons (Fsp3) is 0.692. The quantitative estimate of drug-likeness (QED) is 0.896. The highest BCUT2D eigenvalue weighted by molar-refractivity contribution is 7.15. The van der Waals surface area contributed by atoms with Gasteiger partial charge in [-0.3, -0.25) is 4.90 Å². The molecule has 0 spiro atoms. The number of aromatic carboxylic acids is 1. The van der Waals surface area contributed by atoms with E-state index in [4.69, 9.17) is 5.11 Å². The van der Waals surface area contributed by atoms with Gasteiger partial charge in [0.15, 0.2) is 10.8 Å². The van der Waals surface area contributed by atoms with Crippen molar-refractivity contribution in [3.63, 3.8) is 0 Å². The number of carboxylic acid groups (broad SMARTS) is 1. The second kappa shape index (κ2) is 5.88. The lowest BCUT2D eigenvalue weighted by atomic mass is 10.2. The molecule has 1 unspecified atom stereocenters. The maximum absolute atomic E-state index is 11.0. The first kappa shape index (κ1) is 14.3. The zero-order valence-electron chi connectivity index (χ0n) is 11.7. The van der Waals surface area contributed by atoms with Crippen LogP contribution >= 0.6 is 11.3 Å². The highest BCUT2D eigenvalue weighted by Crippen LogP contribution is 2.29. The minimum atomic E-state index is -0.931. The molecule has 1 saturated heterocycles. The number of hydrogen-bond acceptors (Lipinski definition) is 5. The van der Waals surface area contributed by atoms with Crippen LogP contribution in [0.4, 0.5) is 5.13 Å². The standard InChI is InChI=1S/C13H21N3O2S/c1-4-15(5-2)10-6-7-16(8-10)13-14-11(12(17)18)9(3)19-13/h10H,4-8H2,1-3H3,(H,17,18). The summed E-state index contributed by atoms with van der Waals surface area (Å²) in [6.07, 6.45) is 1.13. The molecule has 0 saturated carbocycles. The zero-order valence-corrected chi connectivity index (χ0v) is 12.5. The van der Waals surface area contributed by atoms with Crippen molar-refractivity contribution in [2.75, 3.05) is 31.1 Å². The van der Waals surface area contributed by atoms with E-state index in [2.05, 4.69) is 28.6 Å². The molecule has 1 atom stereocenters. The molecule has 0 amide bonds. The van der Waals surface area contributed by atoms with Crippen LogP contribution in [0.5, 0.6) is 0 Å². The maximum atomic E-state index is 11.0. The summed E-state index contributed by atoms with van der Waals surface area (Å²) in [7, 11) is 0. The van der Waals surface area contributed by atoms with Gasteiger partial charge in [0, 0.05) is 24.0 Å². The Hall–Kier alpha value is -1.14. The predicted molar refractivity (Wildman–Crippen MR) is 77.3 cm³/mol. The number of nitrogens with zero attached hydrogens (tertiary/aromatic N) is 3. The van der Waals surface area contributed by atoms with Crippen molar-refractivity contribution in [1.82, 2.24) is 9.88 Å². The molecule has 2 heterocycles. The minimum Gasteiger partial charge on any atom is -0.476 e. The molecule has 5 nitrogen and oxygen atoms in total. The molecule has 1 aliphatic heterocycles. The Morgan fingerprint density at radius 3 is 2.74 bits per heavy atom. The highest BCUT2D eigenvalue weighted by atomic mass is 32.1. The summed E-state index contributed by atoms with van der Waals surface area (Å²) >= 11 is 1.48. The monoisotopic (exact) mass is 283 g/mol. The molecule has 0 bridgehead atoms. The number of anilines is 1. The SMILES string of the molecule is CCN(CC)C1CCN(c2nc(C(=O)O)c(C)s2)C1. The van der Waals surface area contributed by atoms with Gasteiger partial charge in [-0.2, -0.15) is 0 Å². The Bertz CT molecular complexity index is 457. The molecule has 0 aromatic carbocycles. The molecule has 1 aromatic rings. The number of carboxylic acids is 1. The van der Waals surface area contributed by atoms with E-state index in [9.17, 15) is 4.79 Å². The van der Waals surface area contributed by atoms with Crippen LogP contribution in [-0.4, -0.2) is 53.2 Å². The van der Waals surface area contributed by atoms with E-state index in [1.54, 1.807) is 0 Å².